The fraction of sp³-hybridized carbons (Fsp3) is 0.438. The minimum Gasteiger partial charge on any atom is -0.346 e. The van der Waals surface area contributed by atoms with Crippen LogP contribution in [-0.2, 0) is 6.42 Å². The van der Waals surface area contributed by atoms with E-state index in [0.717, 1.165) is 24.9 Å². The van der Waals surface area contributed by atoms with Crippen molar-refractivity contribution >= 4 is 23.0 Å². The maximum absolute atomic E-state index is 5.63. The average molecular weight is 274 g/mol. The van der Waals surface area contributed by atoms with Gasteiger partial charge in [0.05, 0.1) is 5.54 Å². The fourth-order valence-corrected chi connectivity index (χ4v) is 2.29. The Morgan fingerprint density at radius 1 is 1.26 bits per heavy atom. The molecular formula is C16H22N2S. The van der Waals surface area contributed by atoms with Crippen LogP contribution in [0.5, 0.6) is 0 Å². The van der Waals surface area contributed by atoms with Crippen LogP contribution in [0.15, 0.2) is 24.3 Å². The van der Waals surface area contributed by atoms with Crippen molar-refractivity contribution in [2.24, 2.45) is 0 Å². The van der Waals surface area contributed by atoms with Crippen LogP contribution in [0, 0.1) is 12.3 Å². The van der Waals surface area contributed by atoms with E-state index in [1.165, 1.54) is 5.56 Å². The topological polar surface area (TPSA) is 24.1 Å². The zero-order valence-corrected chi connectivity index (χ0v) is 12.7. The first-order valence-corrected chi connectivity index (χ1v) is 7.16. The lowest BCUT2D eigenvalue weighted by Crippen LogP contribution is -2.48. The Hall–Kier alpha value is -1.53. The third-order valence-corrected chi connectivity index (χ3v) is 3.69. The Bertz CT molecular complexity index is 470. The predicted molar refractivity (Wildman–Crippen MR) is 87.3 cm³/mol. The van der Waals surface area contributed by atoms with Crippen LogP contribution in [0.2, 0.25) is 0 Å². The van der Waals surface area contributed by atoms with Crippen molar-refractivity contribution in [1.82, 2.24) is 5.32 Å². The van der Waals surface area contributed by atoms with E-state index in [9.17, 15) is 0 Å². The van der Waals surface area contributed by atoms with Crippen molar-refractivity contribution < 1.29 is 0 Å². The maximum atomic E-state index is 5.63. The second-order valence-corrected chi connectivity index (χ2v) is 4.93. The molecule has 1 aromatic carbocycles. The molecular weight excluding hydrogens is 252 g/mol. The van der Waals surface area contributed by atoms with Gasteiger partial charge in [0, 0.05) is 5.69 Å². The van der Waals surface area contributed by atoms with Gasteiger partial charge in [-0.05, 0) is 43.1 Å². The molecule has 0 amide bonds. The molecule has 2 nitrogen and oxygen atoms in total. The summed E-state index contributed by atoms with van der Waals surface area (Å²) < 4.78 is 0. The van der Waals surface area contributed by atoms with E-state index < -0.39 is 0 Å². The van der Waals surface area contributed by atoms with Gasteiger partial charge in [-0.25, -0.2) is 0 Å². The van der Waals surface area contributed by atoms with Crippen molar-refractivity contribution in [2.45, 2.75) is 45.6 Å². The van der Waals surface area contributed by atoms with Gasteiger partial charge in [-0.2, -0.15) is 0 Å². The quantitative estimate of drug-likeness (QED) is 0.632. The molecule has 19 heavy (non-hydrogen) atoms. The number of terminal acetylenes is 1. The SMILES string of the molecule is C#CC(CC)(CC)NC(=S)Nc1ccccc1CC. The van der Waals surface area contributed by atoms with Crippen molar-refractivity contribution in [3.05, 3.63) is 29.8 Å². The molecule has 0 saturated heterocycles. The van der Waals surface area contributed by atoms with Gasteiger partial charge in [0.15, 0.2) is 5.11 Å². The Kier molecular flexibility index (Phi) is 5.85. The van der Waals surface area contributed by atoms with E-state index >= 15 is 0 Å². The third kappa shape index (κ3) is 3.97. The molecule has 0 aromatic heterocycles. The highest BCUT2D eigenvalue weighted by molar-refractivity contribution is 7.80. The van der Waals surface area contributed by atoms with Gasteiger partial charge < -0.3 is 10.6 Å². The van der Waals surface area contributed by atoms with E-state index in [1.54, 1.807) is 0 Å². The Morgan fingerprint density at radius 2 is 1.89 bits per heavy atom. The summed E-state index contributed by atoms with van der Waals surface area (Å²) in [5.74, 6) is 2.82. The third-order valence-electron chi connectivity index (χ3n) is 3.48. The minimum absolute atomic E-state index is 0.356. The highest BCUT2D eigenvalue weighted by Crippen LogP contribution is 2.17. The Balaban J connectivity index is 2.78. The number of nitrogens with one attached hydrogen (secondary N) is 2. The van der Waals surface area contributed by atoms with Crippen molar-refractivity contribution in [3.8, 4) is 12.3 Å². The summed E-state index contributed by atoms with van der Waals surface area (Å²) in [5, 5.41) is 7.09. The number of hydrogen-bond acceptors (Lipinski definition) is 1. The number of aryl methyl sites for hydroxylation is 1. The molecule has 0 aliphatic heterocycles. The molecule has 0 radical (unpaired) electrons. The molecule has 0 saturated carbocycles. The molecule has 0 spiro atoms. The number of rotatable bonds is 5. The molecule has 3 heteroatoms. The van der Waals surface area contributed by atoms with E-state index in [-0.39, 0.29) is 5.54 Å². The smallest absolute Gasteiger partial charge is 0.171 e. The lowest BCUT2D eigenvalue weighted by molar-refractivity contribution is 0.461. The van der Waals surface area contributed by atoms with Crippen LogP contribution in [0.1, 0.15) is 39.2 Å². The summed E-state index contributed by atoms with van der Waals surface area (Å²) in [6, 6.07) is 8.16. The summed E-state index contributed by atoms with van der Waals surface area (Å²) >= 11 is 5.37. The van der Waals surface area contributed by atoms with Gasteiger partial charge in [-0.1, -0.05) is 44.9 Å². The first kappa shape index (κ1) is 15.5. The minimum atomic E-state index is -0.356. The monoisotopic (exact) mass is 274 g/mol. The molecule has 0 atom stereocenters. The maximum Gasteiger partial charge on any atom is 0.171 e. The number of thiocarbonyl (C=S) groups is 1. The number of benzene rings is 1. The highest BCUT2D eigenvalue weighted by Gasteiger charge is 2.23. The molecule has 2 N–H and O–H groups in total. The lowest BCUT2D eigenvalue weighted by atomic mass is 9.94. The summed E-state index contributed by atoms with van der Waals surface area (Å²) in [7, 11) is 0. The molecule has 0 bridgehead atoms. The molecule has 0 aliphatic carbocycles. The molecule has 0 unspecified atom stereocenters. The summed E-state index contributed by atoms with van der Waals surface area (Å²) in [4.78, 5) is 0. The standard InChI is InChI=1S/C16H22N2S/c1-5-13-11-9-10-12-14(13)17-15(19)18-16(6-2,7-3)8-4/h2,9-12H,5,7-8H2,1,3-4H3,(H2,17,18,19). The van der Waals surface area contributed by atoms with E-state index in [0.29, 0.717) is 5.11 Å². The summed E-state index contributed by atoms with van der Waals surface area (Å²) in [5.41, 5.74) is 1.93. The molecule has 1 rings (SSSR count). The van der Waals surface area contributed by atoms with Gasteiger partial charge in [-0.15, -0.1) is 6.42 Å². The molecule has 0 aliphatic rings. The van der Waals surface area contributed by atoms with Crippen LogP contribution in [0.3, 0.4) is 0 Å². The van der Waals surface area contributed by atoms with Gasteiger partial charge in [0.1, 0.15) is 0 Å². The van der Waals surface area contributed by atoms with Crippen LogP contribution >= 0.6 is 12.2 Å². The molecule has 0 heterocycles. The lowest BCUT2D eigenvalue weighted by Gasteiger charge is -2.29. The predicted octanol–water partition coefficient (Wildman–Crippen LogP) is 3.73. The second-order valence-electron chi connectivity index (χ2n) is 4.52. The van der Waals surface area contributed by atoms with Crippen LogP contribution < -0.4 is 10.6 Å². The largest absolute Gasteiger partial charge is 0.346 e. The first-order valence-electron chi connectivity index (χ1n) is 6.75. The zero-order valence-electron chi connectivity index (χ0n) is 11.9. The van der Waals surface area contributed by atoms with Crippen molar-refractivity contribution in [1.29, 1.82) is 0 Å². The Labute approximate surface area is 122 Å². The summed E-state index contributed by atoms with van der Waals surface area (Å²) in [6.45, 7) is 6.26. The highest BCUT2D eigenvalue weighted by atomic mass is 32.1. The molecule has 102 valence electrons. The number of anilines is 1. The average Bonchev–Trinajstić information content (AvgIpc) is 2.45. The van der Waals surface area contributed by atoms with Crippen LogP contribution in [0.25, 0.3) is 0 Å². The van der Waals surface area contributed by atoms with Crippen molar-refractivity contribution in [3.63, 3.8) is 0 Å². The van der Waals surface area contributed by atoms with Crippen LogP contribution in [0.4, 0.5) is 5.69 Å². The zero-order chi connectivity index (χ0) is 14.3. The van der Waals surface area contributed by atoms with E-state index in [1.807, 2.05) is 18.2 Å². The Morgan fingerprint density at radius 3 is 2.42 bits per heavy atom. The fourth-order valence-electron chi connectivity index (χ4n) is 1.99. The van der Waals surface area contributed by atoms with Crippen LogP contribution in [-0.4, -0.2) is 10.7 Å². The van der Waals surface area contributed by atoms with Gasteiger partial charge in [0.2, 0.25) is 0 Å². The van der Waals surface area contributed by atoms with E-state index in [2.05, 4.69) is 43.4 Å². The normalized spacial score (nSPS) is 10.6. The van der Waals surface area contributed by atoms with E-state index in [4.69, 9.17) is 18.6 Å². The van der Waals surface area contributed by atoms with Crippen molar-refractivity contribution in [2.75, 3.05) is 5.32 Å². The molecule has 1 aromatic rings. The summed E-state index contributed by atoms with van der Waals surface area (Å²) in [6.07, 6.45) is 8.28. The van der Waals surface area contributed by atoms with Gasteiger partial charge >= 0.3 is 0 Å². The first-order chi connectivity index (χ1) is 9.10. The van der Waals surface area contributed by atoms with Gasteiger partial charge in [-0.3, -0.25) is 0 Å². The number of hydrogen-bond donors (Lipinski definition) is 2. The van der Waals surface area contributed by atoms with Gasteiger partial charge in [0.25, 0.3) is 0 Å². The second kappa shape index (κ2) is 7.16. The number of para-hydroxylation sites is 1. The molecule has 0 fully saturated rings.